The summed E-state index contributed by atoms with van der Waals surface area (Å²) in [6, 6.07) is 0. The van der Waals surface area contributed by atoms with Crippen LogP contribution in [0.5, 0.6) is 0 Å². The first-order chi connectivity index (χ1) is 7.47. The molecular formula is C8H16F2NO4S2+. The summed E-state index contributed by atoms with van der Waals surface area (Å²) in [4.78, 5) is 0. The van der Waals surface area contributed by atoms with Crippen molar-refractivity contribution in [2.24, 2.45) is 0 Å². The molecule has 9 heteroatoms. The van der Waals surface area contributed by atoms with Crippen LogP contribution in [-0.4, -0.2) is 52.1 Å². The Kier molecular flexibility index (Phi) is 3.59. The zero-order chi connectivity index (χ0) is 13.5. The summed E-state index contributed by atoms with van der Waals surface area (Å²) in [6.07, 6.45) is -1.09. The predicted molar refractivity (Wildman–Crippen MR) is 58.5 cm³/mol. The van der Waals surface area contributed by atoms with Gasteiger partial charge in [-0.15, -0.1) is 7.77 Å². The third-order valence-electron chi connectivity index (χ3n) is 3.72. The van der Waals surface area contributed by atoms with Gasteiger partial charge in [-0.25, -0.2) is 0 Å². The lowest BCUT2D eigenvalue weighted by Crippen LogP contribution is -2.58. The van der Waals surface area contributed by atoms with Gasteiger partial charge in [0.25, 0.3) is 0 Å². The largest absolute Gasteiger partial charge is 0.326 e. The van der Waals surface area contributed by atoms with Crippen LogP contribution in [0, 0.1) is 0 Å². The Bertz CT molecular complexity index is 458. The molecule has 0 aromatic rings. The molecular weight excluding hydrogens is 276 g/mol. The molecule has 1 saturated heterocycles. The van der Waals surface area contributed by atoms with Gasteiger partial charge < -0.3 is 4.48 Å². The fourth-order valence-electron chi connectivity index (χ4n) is 2.04. The van der Waals surface area contributed by atoms with Gasteiger partial charge in [0.1, 0.15) is 0 Å². The van der Waals surface area contributed by atoms with E-state index in [1.54, 1.807) is 7.05 Å². The summed E-state index contributed by atoms with van der Waals surface area (Å²) in [5.74, 6) is 0. The number of piperidine rings is 1. The third kappa shape index (κ3) is 2.45. The van der Waals surface area contributed by atoms with Crippen molar-refractivity contribution < 1.29 is 29.1 Å². The molecule has 0 bridgehead atoms. The minimum Gasteiger partial charge on any atom is -0.326 e. The Morgan fingerprint density at radius 3 is 1.65 bits per heavy atom. The van der Waals surface area contributed by atoms with Crippen LogP contribution in [0.2, 0.25) is 0 Å². The standard InChI is InChI=1S/C8H16F2NO4S2/c1-3-11(2)6-4-8(5-7-11,16(9,12)13)17(10,14)15/h3-7H2,1-2H3/q+1. The summed E-state index contributed by atoms with van der Waals surface area (Å²) in [5.41, 5.74) is 0. The predicted octanol–water partition coefficient (Wildman–Crippen LogP) is 0.542. The second-order valence-corrected chi connectivity index (χ2v) is 8.24. The number of rotatable bonds is 3. The van der Waals surface area contributed by atoms with E-state index in [-0.39, 0.29) is 13.1 Å². The van der Waals surface area contributed by atoms with E-state index in [9.17, 15) is 24.6 Å². The third-order valence-corrected chi connectivity index (χ3v) is 7.51. The molecule has 0 saturated carbocycles. The molecule has 0 aliphatic carbocycles. The van der Waals surface area contributed by atoms with E-state index >= 15 is 0 Å². The number of quaternary nitrogens is 1. The van der Waals surface area contributed by atoms with E-state index in [0.29, 0.717) is 11.0 Å². The van der Waals surface area contributed by atoms with Crippen molar-refractivity contribution >= 4 is 20.4 Å². The van der Waals surface area contributed by atoms with E-state index in [0.717, 1.165) is 0 Å². The van der Waals surface area contributed by atoms with E-state index in [1.165, 1.54) is 0 Å². The first-order valence-electron chi connectivity index (χ1n) is 5.19. The van der Waals surface area contributed by atoms with Gasteiger partial charge in [0.05, 0.1) is 26.7 Å². The second kappa shape index (κ2) is 4.13. The van der Waals surface area contributed by atoms with Gasteiger partial charge in [-0.05, 0) is 6.92 Å². The van der Waals surface area contributed by atoms with Crippen molar-refractivity contribution in [1.29, 1.82) is 0 Å². The lowest BCUT2D eigenvalue weighted by molar-refractivity contribution is -0.912. The molecule has 1 heterocycles. The molecule has 0 N–H and O–H groups in total. The summed E-state index contributed by atoms with van der Waals surface area (Å²) in [7, 11) is -9.16. The fraction of sp³-hybridized carbons (Fsp3) is 1.00. The fourth-order valence-corrected chi connectivity index (χ4v) is 4.33. The van der Waals surface area contributed by atoms with Gasteiger partial charge in [-0.1, -0.05) is 0 Å². The molecule has 1 fully saturated rings. The van der Waals surface area contributed by atoms with E-state index < -0.39 is 37.4 Å². The first-order valence-corrected chi connectivity index (χ1v) is 7.96. The normalized spacial score (nSPS) is 24.5. The van der Waals surface area contributed by atoms with Crippen LogP contribution >= 0.6 is 0 Å². The molecule has 1 aliphatic rings. The molecule has 0 aromatic carbocycles. The van der Waals surface area contributed by atoms with Gasteiger partial charge in [0.15, 0.2) is 0 Å². The minimum absolute atomic E-state index is 0.114. The maximum absolute atomic E-state index is 13.1. The quantitative estimate of drug-likeness (QED) is 0.562. The molecule has 5 nitrogen and oxygen atoms in total. The van der Waals surface area contributed by atoms with Crippen LogP contribution in [0.4, 0.5) is 7.77 Å². The monoisotopic (exact) mass is 292 g/mol. The van der Waals surface area contributed by atoms with E-state index in [2.05, 4.69) is 0 Å². The Morgan fingerprint density at radius 1 is 1.06 bits per heavy atom. The SMILES string of the molecule is CC[N+]1(C)CCC(S(=O)(=O)F)(S(=O)(=O)F)CC1. The average Bonchev–Trinajstić information content (AvgIpc) is 2.15. The molecule has 0 spiro atoms. The van der Waals surface area contributed by atoms with Gasteiger partial charge in [-0.2, -0.15) is 16.8 Å². The summed E-state index contributed by atoms with van der Waals surface area (Å²) >= 11 is 0. The van der Waals surface area contributed by atoms with Crippen molar-refractivity contribution in [3.63, 3.8) is 0 Å². The van der Waals surface area contributed by atoms with Crippen LogP contribution < -0.4 is 0 Å². The maximum atomic E-state index is 13.1. The summed E-state index contributed by atoms with van der Waals surface area (Å²) in [5, 5.41) is 0. The highest BCUT2D eigenvalue weighted by Crippen LogP contribution is 2.39. The van der Waals surface area contributed by atoms with Gasteiger partial charge in [0, 0.05) is 12.8 Å². The number of likely N-dealkylation sites (tertiary alicyclic amines) is 1. The molecule has 102 valence electrons. The number of halogens is 2. The molecule has 0 amide bonds. The van der Waals surface area contributed by atoms with Crippen molar-refractivity contribution in [2.45, 2.75) is 23.8 Å². The summed E-state index contributed by atoms with van der Waals surface area (Å²) < 4.78 is 67.6. The lowest BCUT2D eigenvalue weighted by Gasteiger charge is -2.42. The molecule has 17 heavy (non-hydrogen) atoms. The van der Waals surface area contributed by atoms with Gasteiger partial charge in [0.2, 0.25) is 4.08 Å². The topological polar surface area (TPSA) is 68.3 Å². The maximum Gasteiger partial charge on any atom is 0.325 e. The molecule has 0 atom stereocenters. The van der Waals surface area contributed by atoms with Crippen molar-refractivity contribution in [3.8, 4) is 0 Å². The highest BCUT2D eigenvalue weighted by atomic mass is 32.3. The highest BCUT2D eigenvalue weighted by molar-refractivity contribution is 8.05. The van der Waals surface area contributed by atoms with E-state index in [4.69, 9.17) is 0 Å². The lowest BCUT2D eigenvalue weighted by atomic mass is 10.1. The molecule has 0 aromatic heterocycles. The zero-order valence-electron chi connectivity index (χ0n) is 9.69. The van der Waals surface area contributed by atoms with E-state index in [1.807, 2.05) is 6.92 Å². The van der Waals surface area contributed by atoms with Gasteiger partial charge in [-0.3, -0.25) is 0 Å². The molecule has 0 unspecified atom stereocenters. The van der Waals surface area contributed by atoms with Crippen LogP contribution in [0.15, 0.2) is 0 Å². The second-order valence-electron chi connectivity index (χ2n) is 4.67. The van der Waals surface area contributed by atoms with Crippen LogP contribution in [0.3, 0.4) is 0 Å². The first kappa shape index (κ1) is 14.8. The highest BCUT2D eigenvalue weighted by Gasteiger charge is 2.60. The average molecular weight is 292 g/mol. The molecule has 0 radical (unpaired) electrons. The number of nitrogens with zero attached hydrogens (tertiary/aromatic N) is 1. The Balaban J connectivity index is 3.19. The minimum atomic E-state index is -5.48. The zero-order valence-corrected chi connectivity index (χ0v) is 11.3. The smallest absolute Gasteiger partial charge is 0.325 e. The number of hydrogen-bond acceptors (Lipinski definition) is 4. The van der Waals surface area contributed by atoms with Crippen LogP contribution in [-0.2, 0) is 20.4 Å². The Labute approximate surface area is 100 Å². The van der Waals surface area contributed by atoms with Crippen molar-refractivity contribution in [3.05, 3.63) is 0 Å². The molecule has 1 rings (SSSR count). The van der Waals surface area contributed by atoms with Crippen LogP contribution in [0.1, 0.15) is 19.8 Å². The Hall–Kier alpha value is -0.280. The van der Waals surface area contributed by atoms with Gasteiger partial charge >= 0.3 is 20.4 Å². The summed E-state index contributed by atoms with van der Waals surface area (Å²) in [6.45, 7) is 2.72. The Morgan fingerprint density at radius 2 is 1.41 bits per heavy atom. The van der Waals surface area contributed by atoms with Crippen molar-refractivity contribution in [2.75, 3.05) is 26.7 Å². The number of hydrogen-bond donors (Lipinski definition) is 0. The van der Waals surface area contributed by atoms with Crippen molar-refractivity contribution in [1.82, 2.24) is 0 Å². The molecule has 1 aliphatic heterocycles. The van der Waals surface area contributed by atoms with Crippen LogP contribution in [0.25, 0.3) is 0 Å².